The molecule has 5 rings (SSSR count). The van der Waals surface area contributed by atoms with Crippen LogP contribution in [0.25, 0.3) is 21.6 Å². The van der Waals surface area contributed by atoms with Crippen molar-refractivity contribution in [1.82, 2.24) is 19.1 Å². The molecule has 0 saturated carbocycles. The summed E-state index contributed by atoms with van der Waals surface area (Å²) in [5.74, 6) is 0.957. The molecule has 29 heavy (non-hydrogen) atoms. The normalized spacial score (nSPS) is 23.1. The number of ether oxygens (including phenoxy) is 2. The molecule has 0 bridgehead atoms. The Balaban J connectivity index is 1.61. The molecular weight excluding hydrogens is 454 g/mol. The van der Waals surface area contributed by atoms with Gasteiger partial charge in [0.15, 0.2) is 6.23 Å². The number of nitrogens with zero attached hydrogens (tertiary/aromatic N) is 5. The second kappa shape index (κ2) is 7.94. The third-order valence-electron chi connectivity index (χ3n) is 5.56. The first kappa shape index (κ1) is 19.4. The van der Waals surface area contributed by atoms with Crippen molar-refractivity contribution in [3.05, 3.63) is 22.3 Å². The molecule has 0 spiro atoms. The molecule has 9 heteroatoms. The van der Waals surface area contributed by atoms with Gasteiger partial charge < -0.3 is 14.4 Å². The van der Waals surface area contributed by atoms with E-state index >= 15 is 0 Å². The molecule has 2 fully saturated rings. The van der Waals surface area contributed by atoms with E-state index in [2.05, 4.69) is 39.9 Å². The summed E-state index contributed by atoms with van der Waals surface area (Å²) < 4.78 is 20.5. The van der Waals surface area contributed by atoms with E-state index in [9.17, 15) is 0 Å². The Labute approximate surface area is 182 Å². The van der Waals surface area contributed by atoms with E-state index in [0.717, 1.165) is 83.2 Å². The van der Waals surface area contributed by atoms with E-state index in [1.54, 1.807) is 0 Å². The number of hydrogen-bond acceptors (Lipinski definition) is 7. The van der Waals surface area contributed by atoms with Crippen molar-refractivity contribution >= 4 is 43.5 Å². The van der Waals surface area contributed by atoms with Crippen molar-refractivity contribution < 1.29 is 9.47 Å². The lowest BCUT2D eigenvalue weighted by Gasteiger charge is -2.34. The maximum absolute atomic E-state index is 6.01. The van der Waals surface area contributed by atoms with Gasteiger partial charge in [-0.15, -0.1) is 0 Å². The van der Waals surface area contributed by atoms with Gasteiger partial charge in [0.25, 0.3) is 0 Å². The Morgan fingerprint density at radius 2 is 2.14 bits per heavy atom. The fourth-order valence-corrected chi connectivity index (χ4v) is 5.43. The van der Waals surface area contributed by atoms with Crippen molar-refractivity contribution in [2.45, 2.75) is 45.4 Å². The minimum Gasteiger partial charge on any atom is -0.377 e. The molecule has 0 N–H and O–H groups in total. The minimum absolute atomic E-state index is 0.0323. The third kappa shape index (κ3) is 3.58. The predicted molar refractivity (Wildman–Crippen MR) is 118 cm³/mol. The van der Waals surface area contributed by atoms with Crippen molar-refractivity contribution in [3.63, 3.8) is 0 Å². The van der Waals surface area contributed by atoms with Crippen LogP contribution in [0.5, 0.6) is 0 Å². The number of hydrogen-bond donors (Lipinski definition) is 0. The van der Waals surface area contributed by atoms with Crippen LogP contribution >= 0.6 is 27.5 Å². The SMILES string of the molecule is Cc1cc(-c2nsc3c(Br)cc(N4CCOC[C@H]4C)nc23)n(C2CCCCO2)n1. The van der Waals surface area contributed by atoms with Gasteiger partial charge in [0.05, 0.1) is 35.3 Å². The summed E-state index contributed by atoms with van der Waals surface area (Å²) in [5, 5.41) is 4.73. The fourth-order valence-electron chi connectivity index (χ4n) is 4.08. The number of aryl methyl sites for hydroxylation is 1. The van der Waals surface area contributed by atoms with Gasteiger partial charge in [0.1, 0.15) is 17.0 Å². The summed E-state index contributed by atoms with van der Waals surface area (Å²) in [7, 11) is 0. The number of rotatable bonds is 3. The fraction of sp³-hybridized carbons (Fsp3) is 0.550. The lowest BCUT2D eigenvalue weighted by Crippen LogP contribution is -2.44. The van der Waals surface area contributed by atoms with E-state index in [-0.39, 0.29) is 6.23 Å². The van der Waals surface area contributed by atoms with Gasteiger partial charge in [0, 0.05) is 17.6 Å². The number of aromatic nitrogens is 4. The average Bonchev–Trinajstić information content (AvgIpc) is 3.32. The molecule has 3 aromatic heterocycles. The molecule has 1 unspecified atom stereocenters. The van der Waals surface area contributed by atoms with Gasteiger partial charge in [-0.1, -0.05) is 0 Å². The summed E-state index contributed by atoms with van der Waals surface area (Å²) in [6.07, 6.45) is 3.21. The van der Waals surface area contributed by atoms with Crippen molar-refractivity contribution in [1.29, 1.82) is 0 Å². The quantitative estimate of drug-likeness (QED) is 0.551. The maximum atomic E-state index is 6.01. The number of fused-ring (bicyclic) bond motifs is 1. The zero-order valence-electron chi connectivity index (χ0n) is 16.6. The molecule has 3 aromatic rings. The first-order chi connectivity index (χ1) is 14.1. The van der Waals surface area contributed by atoms with Gasteiger partial charge in [-0.3, -0.25) is 0 Å². The third-order valence-corrected chi connectivity index (χ3v) is 7.32. The second-order valence-electron chi connectivity index (χ2n) is 7.73. The topological polar surface area (TPSA) is 65.3 Å². The monoisotopic (exact) mass is 477 g/mol. The molecule has 0 radical (unpaired) electrons. The van der Waals surface area contributed by atoms with E-state index in [1.807, 2.05) is 11.6 Å². The predicted octanol–water partition coefficient (Wildman–Crippen LogP) is 4.55. The molecule has 0 amide bonds. The molecular formula is C20H24BrN5O2S. The summed E-state index contributed by atoms with van der Waals surface area (Å²) in [5.41, 5.74) is 3.73. The van der Waals surface area contributed by atoms with E-state index in [4.69, 9.17) is 23.9 Å². The van der Waals surface area contributed by atoms with Crippen molar-refractivity contribution in [2.75, 3.05) is 31.3 Å². The summed E-state index contributed by atoms with van der Waals surface area (Å²) in [6.45, 7) is 7.25. The summed E-state index contributed by atoms with van der Waals surface area (Å²) in [4.78, 5) is 7.36. The zero-order valence-corrected chi connectivity index (χ0v) is 19.0. The summed E-state index contributed by atoms with van der Waals surface area (Å²) in [6, 6.07) is 4.48. The number of halogens is 1. The van der Waals surface area contributed by atoms with Crippen LogP contribution in [-0.4, -0.2) is 51.5 Å². The lowest BCUT2D eigenvalue weighted by molar-refractivity contribution is -0.0385. The average molecular weight is 478 g/mol. The first-order valence-electron chi connectivity index (χ1n) is 10.1. The Morgan fingerprint density at radius 1 is 1.24 bits per heavy atom. The minimum atomic E-state index is -0.0323. The van der Waals surface area contributed by atoms with Gasteiger partial charge in [-0.25, -0.2) is 9.67 Å². The van der Waals surface area contributed by atoms with Gasteiger partial charge >= 0.3 is 0 Å². The molecule has 2 atom stereocenters. The van der Waals surface area contributed by atoms with Crippen LogP contribution in [0, 0.1) is 6.92 Å². The number of anilines is 1. The maximum Gasteiger partial charge on any atom is 0.150 e. The van der Waals surface area contributed by atoms with Crippen molar-refractivity contribution in [2.24, 2.45) is 0 Å². The van der Waals surface area contributed by atoms with Gasteiger partial charge in [-0.2, -0.15) is 9.47 Å². The molecule has 2 aliphatic rings. The molecule has 7 nitrogen and oxygen atoms in total. The highest BCUT2D eigenvalue weighted by Gasteiger charge is 2.26. The van der Waals surface area contributed by atoms with Crippen LogP contribution in [0.2, 0.25) is 0 Å². The Kier molecular flexibility index (Phi) is 5.32. The Hall–Kier alpha value is -1.55. The number of pyridine rings is 1. The highest BCUT2D eigenvalue weighted by Crippen LogP contribution is 2.38. The highest BCUT2D eigenvalue weighted by molar-refractivity contribution is 9.10. The largest absolute Gasteiger partial charge is 0.377 e. The van der Waals surface area contributed by atoms with Crippen LogP contribution in [0.15, 0.2) is 16.6 Å². The molecule has 2 aliphatic heterocycles. The van der Waals surface area contributed by atoms with Crippen LogP contribution in [0.4, 0.5) is 5.82 Å². The highest BCUT2D eigenvalue weighted by atomic mass is 79.9. The molecule has 2 saturated heterocycles. The molecule has 0 aromatic carbocycles. The molecule has 154 valence electrons. The number of morpholine rings is 1. The zero-order chi connectivity index (χ0) is 20.0. The standard InChI is InChI=1S/C20H24BrN5O2S/c1-12-9-15(26(23-12)17-5-3-4-7-28-17)18-19-20(29-24-18)14(21)10-16(22-19)25-6-8-27-11-13(25)2/h9-10,13,17H,3-8,11H2,1-2H3/t13-,17?/m1/s1. The molecule has 0 aliphatic carbocycles. The van der Waals surface area contributed by atoms with E-state index in [0.29, 0.717) is 6.04 Å². The van der Waals surface area contributed by atoms with Crippen LogP contribution in [0.1, 0.15) is 38.1 Å². The van der Waals surface area contributed by atoms with Gasteiger partial charge in [0.2, 0.25) is 0 Å². The van der Waals surface area contributed by atoms with Gasteiger partial charge in [-0.05, 0) is 72.7 Å². The van der Waals surface area contributed by atoms with Crippen LogP contribution in [0.3, 0.4) is 0 Å². The van der Waals surface area contributed by atoms with Crippen LogP contribution < -0.4 is 4.90 Å². The molecule has 5 heterocycles. The van der Waals surface area contributed by atoms with E-state index in [1.165, 1.54) is 11.5 Å². The Morgan fingerprint density at radius 3 is 2.93 bits per heavy atom. The lowest BCUT2D eigenvalue weighted by atomic mass is 10.1. The van der Waals surface area contributed by atoms with Crippen molar-refractivity contribution in [3.8, 4) is 11.4 Å². The second-order valence-corrected chi connectivity index (χ2v) is 9.35. The van der Waals surface area contributed by atoms with Crippen LogP contribution in [-0.2, 0) is 9.47 Å². The first-order valence-corrected chi connectivity index (χ1v) is 11.7. The Bertz CT molecular complexity index is 1030. The smallest absolute Gasteiger partial charge is 0.150 e. The van der Waals surface area contributed by atoms with E-state index < -0.39 is 0 Å². The summed E-state index contributed by atoms with van der Waals surface area (Å²) >= 11 is 5.22.